The molecule has 0 aromatic heterocycles. The summed E-state index contributed by atoms with van der Waals surface area (Å²) in [5.74, 6) is -0.844. The number of nitrogens with one attached hydrogen (secondary N) is 1. The Morgan fingerprint density at radius 2 is 2.05 bits per heavy atom. The zero-order valence-electron chi connectivity index (χ0n) is 10.5. The fourth-order valence-electron chi connectivity index (χ4n) is 2.45. The van der Waals surface area contributed by atoms with Crippen LogP contribution in [0.3, 0.4) is 0 Å². The second kappa shape index (κ2) is 5.98. The standard InChI is InChI=1S/C13H18FNO3S/c14-12(9-19(16,17)18)8-15-13-6-5-10-3-1-2-4-11(10)7-13/h1-4,12-13,15H,5-9H2,(H,16,17,18). The summed E-state index contributed by atoms with van der Waals surface area (Å²) in [7, 11) is -4.24. The zero-order valence-corrected chi connectivity index (χ0v) is 11.4. The second-order valence-corrected chi connectivity index (χ2v) is 6.46. The van der Waals surface area contributed by atoms with Gasteiger partial charge >= 0.3 is 0 Å². The Morgan fingerprint density at radius 3 is 2.74 bits per heavy atom. The van der Waals surface area contributed by atoms with Gasteiger partial charge in [0.15, 0.2) is 0 Å². The van der Waals surface area contributed by atoms with Gasteiger partial charge in [-0.3, -0.25) is 4.55 Å². The number of hydrogen-bond donors (Lipinski definition) is 2. The van der Waals surface area contributed by atoms with Gasteiger partial charge < -0.3 is 5.32 Å². The van der Waals surface area contributed by atoms with Gasteiger partial charge in [-0.05, 0) is 30.4 Å². The average molecular weight is 287 g/mol. The van der Waals surface area contributed by atoms with E-state index in [0.29, 0.717) is 0 Å². The van der Waals surface area contributed by atoms with Crippen LogP contribution in [-0.2, 0) is 23.0 Å². The van der Waals surface area contributed by atoms with Crippen LogP contribution in [0.4, 0.5) is 4.39 Å². The maximum absolute atomic E-state index is 13.3. The lowest BCUT2D eigenvalue weighted by molar-refractivity contribution is 0.316. The van der Waals surface area contributed by atoms with Crippen molar-refractivity contribution in [3.8, 4) is 0 Å². The first kappa shape index (κ1) is 14.4. The molecule has 1 aromatic rings. The number of alkyl halides is 1. The molecule has 1 aromatic carbocycles. The minimum absolute atomic E-state index is 0.0490. The van der Waals surface area contributed by atoms with Crippen LogP contribution in [0.5, 0.6) is 0 Å². The van der Waals surface area contributed by atoms with Crippen molar-refractivity contribution in [1.29, 1.82) is 0 Å². The van der Waals surface area contributed by atoms with E-state index in [1.165, 1.54) is 11.1 Å². The van der Waals surface area contributed by atoms with Gasteiger partial charge in [-0.1, -0.05) is 24.3 Å². The summed E-state index contributed by atoms with van der Waals surface area (Å²) in [4.78, 5) is 0. The quantitative estimate of drug-likeness (QED) is 0.803. The summed E-state index contributed by atoms with van der Waals surface area (Å²) >= 11 is 0. The van der Waals surface area contributed by atoms with E-state index in [-0.39, 0.29) is 12.6 Å². The number of benzene rings is 1. The SMILES string of the molecule is O=S(=O)(O)CC(F)CNC1CCc2ccccc2C1. The van der Waals surface area contributed by atoms with E-state index in [0.717, 1.165) is 19.3 Å². The fourth-order valence-corrected chi connectivity index (χ4v) is 3.03. The van der Waals surface area contributed by atoms with Crippen molar-refractivity contribution in [1.82, 2.24) is 5.32 Å². The molecule has 0 spiro atoms. The first-order chi connectivity index (χ1) is 8.94. The molecule has 0 fully saturated rings. The lowest BCUT2D eigenvalue weighted by atomic mass is 9.88. The predicted octanol–water partition coefficient (Wildman–Crippen LogP) is 1.36. The molecule has 4 nitrogen and oxygen atoms in total. The Morgan fingerprint density at radius 1 is 1.37 bits per heavy atom. The van der Waals surface area contributed by atoms with E-state index in [2.05, 4.69) is 17.4 Å². The Labute approximate surface area is 112 Å². The molecule has 6 heteroatoms. The normalized spacial score (nSPS) is 20.8. The summed E-state index contributed by atoms with van der Waals surface area (Å²) in [5.41, 5.74) is 2.59. The third kappa shape index (κ3) is 4.56. The van der Waals surface area contributed by atoms with Crippen LogP contribution in [0.25, 0.3) is 0 Å². The highest BCUT2D eigenvalue weighted by molar-refractivity contribution is 7.85. The van der Waals surface area contributed by atoms with Crippen molar-refractivity contribution in [3.63, 3.8) is 0 Å². The molecule has 0 bridgehead atoms. The second-order valence-electron chi connectivity index (χ2n) is 4.96. The smallest absolute Gasteiger partial charge is 0.267 e. The summed E-state index contributed by atoms with van der Waals surface area (Å²) in [6.07, 6.45) is 1.11. The Hall–Kier alpha value is -0.980. The molecular formula is C13H18FNO3S. The monoisotopic (exact) mass is 287 g/mol. The minimum atomic E-state index is -4.24. The summed E-state index contributed by atoms with van der Waals surface area (Å²) in [6.45, 7) is -0.0490. The van der Waals surface area contributed by atoms with E-state index in [4.69, 9.17) is 4.55 Å². The molecule has 2 atom stereocenters. The van der Waals surface area contributed by atoms with Gasteiger partial charge in [0, 0.05) is 12.6 Å². The number of hydrogen-bond acceptors (Lipinski definition) is 3. The van der Waals surface area contributed by atoms with E-state index in [9.17, 15) is 12.8 Å². The van der Waals surface area contributed by atoms with Gasteiger partial charge in [0.05, 0.1) is 0 Å². The number of fused-ring (bicyclic) bond motifs is 1. The third-order valence-corrected chi connectivity index (χ3v) is 4.15. The van der Waals surface area contributed by atoms with Crippen molar-refractivity contribution in [2.45, 2.75) is 31.5 Å². The van der Waals surface area contributed by atoms with Gasteiger partial charge in [-0.25, -0.2) is 4.39 Å². The Bertz CT molecular complexity index is 532. The number of halogens is 1. The lowest BCUT2D eigenvalue weighted by Gasteiger charge is -2.26. The maximum atomic E-state index is 13.3. The highest BCUT2D eigenvalue weighted by Crippen LogP contribution is 2.20. The lowest BCUT2D eigenvalue weighted by Crippen LogP contribution is -2.39. The number of rotatable bonds is 5. The first-order valence-electron chi connectivity index (χ1n) is 6.33. The summed E-state index contributed by atoms with van der Waals surface area (Å²) in [5, 5.41) is 3.03. The molecular weight excluding hydrogens is 269 g/mol. The minimum Gasteiger partial charge on any atom is -0.311 e. The van der Waals surface area contributed by atoms with Crippen LogP contribution in [0.2, 0.25) is 0 Å². The maximum Gasteiger partial charge on any atom is 0.267 e. The van der Waals surface area contributed by atoms with Crippen LogP contribution in [0.1, 0.15) is 17.5 Å². The van der Waals surface area contributed by atoms with Gasteiger partial charge in [0.1, 0.15) is 11.9 Å². The van der Waals surface area contributed by atoms with Gasteiger partial charge in [0.2, 0.25) is 0 Å². The molecule has 0 aliphatic heterocycles. The van der Waals surface area contributed by atoms with Crippen LogP contribution in [-0.4, -0.2) is 37.5 Å². The molecule has 2 rings (SSSR count). The van der Waals surface area contributed by atoms with Crippen LogP contribution in [0.15, 0.2) is 24.3 Å². The van der Waals surface area contributed by atoms with Crippen LogP contribution >= 0.6 is 0 Å². The molecule has 2 N–H and O–H groups in total. The fraction of sp³-hybridized carbons (Fsp3) is 0.538. The third-order valence-electron chi connectivity index (χ3n) is 3.37. The van der Waals surface area contributed by atoms with Crippen molar-refractivity contribution >= 4 is 10.1 Å². The van der Waals surface area contributed by atoms with E-state index in [1.54, 1.807) is 0 Å². The van der Waals surface area contributed by atoms with Crippen LogP contribution in [0, 0.1) is 0 Å². The summed E-state index contributed by atoms with van der Waals surface area (Å²) < 4.78 is 43.0. The molecule has 1 aliphatic carbocycles. The Balaban J connectivity index is 1.83. The summed E-state index contributed by atoms with van der Waals surface area (Å²) in [6, 6.07) is 8.32. The molecule has 19 heavy (non-hydrogen) atoms. The van der Waals surface area contributed by atoms with Crippen molar-refractivity contribution in [3.05, 3.63) is 35.4 Å². The van der Waals surface area contributed by atoms with E-state index < -0.39 is 22.0 Å². The molecule has 2 unspecified atom stereocenters. The predicted molar refractivity (Wildman–Crippen MR) is 71.6 cm³/mol. The average Bonchev–Trinajstić information content (AvgIpc) is 2.34. The molecule has 0 heterocycles. The van der Waals surface area contributed by atoms with E-state index >= 15 is 0 Å². The van der Waals surface area contributed by atoms with Crippen molar-refractivity contribution in [2.75, 3.05) is 12.3 Å². The molecule has 106 valence electrons. The Kier molecular flexibility index (Phi) is 4.54. The van der Waals surface area contributed by atoms with Crippen LogP contribution < -0.4 is 5.32 Å². The molecule has 0 saturated carbocycles. The van der Waals surface area contributed by atoms with Gasteiger partial charge in [-0.2, -0.15) is 8.42 Å². The highest BCUT2D eigenvalue weighted by atomic mass is 32.2. The van der Waals surface area contributed by atoms with Gasteiger partial charge in [0.25, 0.3) is 10.1 Å². The van der Waals surface area contributed by atoms with Crippen molar-refractivity contribution < 1.29 is 17.4 Å². The van der Waals surface area contributed by atoms with E-state index in [1.807, 2.05) is 12.1 Å². The van der Waals surface area contributed by atoms with Crippen molar-refractivity contribution in [2.24, 2.45) is 0 Å². The molecule has 0 radical (unpaired) electrons. The molecule has 0 amide bonds. The van der Waals surface area contributed by atoms with Gasteiger partial charge in [-0.15, -0.1) is 0 Å². The largest absolute Gasteiger partial charge is 0.311 e. The molecule has 1 aliphatic rings. The zero-order chi connectivity index (χ0) is 13.9. The first-order valence-corrected chi connectivity index (χ1v) is 7.94. The highest BCUT2D eigenvalue weighted by Gasteiger charge is 2.21. The number of aryl methyl sites for hydroxylation is 1. The molecule has 0 saturated heterocycles. The topological polar surface area (TPSA) is 66.4 Å².